The third-order valence-corrected chi connectivity index (χ3v) is 3.65. The molecule has 1 heterocycles. The van der Waals surface area contributed by atoms with Gasteiger partial charge in [0.1, 0.15) is 5.76 Å². The summed E-state index contributed by atoms with van der Waals surface area (Å²) < 4.78 is 6.43. The molecule has 1 amide bonds. The zero-order valence-electron chi connectivity index (χ0n) is 7.97. The van der Waals surface area contributed by atoms with Crippen molar-refractivity contribution in [1.82, 2.24) is 5.32 Å². The average molecular weight is 305 g/mol. The zero-order valence-corrected chi connectivity index (χ0v) is 10.1. The van der Waals surface area contributed by atoms with Crippen molar-refractivity contribution in [2.75, 3.05) is 13.7 Å². The molecule has 0 bridgehead atoms. The molecule has 4 heteroatoms. The van der Waals surface area contributed by atoms with E-state index in [4.69, 9.17) is 4.74 Å². The summed E-state index contributed by atoms with van der Waals surface area (Å²) in [6.45, 7) is 0.799. The number of allylic oxidation sites excluding steroid dienone is 2. The van der Waals surface area contributed by atoms with Crippen molar-refractivity contribution in [1.29, 1.82) is 0 Å². The second-order valence-electron chi connectivity index (χ2n) is 3.52. The first-order valence-electron chi connectivity index (χ1n) is 4.65. The second-order valence-corrected chi connectivity index (χ2v) is 4.82. The topological polar surface area (TPSA) is 38.3 Å². The summed E-state index contributed by atoms with van der Waals surface area (Å²) in [5, 5.41) is 2.85. The fraction of sp³-hybridized carbons (Fsp3) is 0.500. The van der Waals surface area contributed by atoms with Gasteiger partial charge in [-0.15, -0.1) is 0 Å². The van der Waals surface area contributed by atoms with Crippen LogP contribution in [0.15, 0.2) is 21.0 Å². The molecule has 0 aromatic rings. The smallest absolute Gasteiger partial charge is 0.247 e. The molecule has 1 atom stereocenters. The molecule has 1 aliphatic heterocycles. The quantitative estimate of drug-likeness (QED) is 0.750. The summed E-state index contributed by atoms with van der Waals surface area (Å²) in [4.78, 5) is 11.5. The number of carbonyl (C=O) groups excluding carboxylic acids is 1. The van der Waals surface area contributed by atoms with E-state index < -0.39 is 0 Å². The lowest BCUT2D eigenvalue weighted by molar-refractivity contribution is -0.119. The van der Waals surface area contributed by atoms with Gasteiger partial charge >= 0.3 is 0 Å². The Labute approximate surface area is 96.7 Å². The molecule has 1 unspecified atom stereocenters. The predicted molar refractivity (Wildman–Crippen MR) is 61.9 cm³/mol. The van der Waals surface area contributed by atoms with Gasteiger partial charge in [-0.3, -0.25) is 4.79 Å². The summed E-state index contributed by atoms with van der Waals surface area (Å²) in [5.74, 6) is 1.31. The lowest BCUT2D eigenvalue weighted by Crippen LogP contribution is -2.37. The fourth-order valence-electron chi connectivity index (χ4n) is 1.90. The molecule has 0 saturated carbocycles. The molecular formula is C10H12INO2. The van der Waals surface area contributed by atoms with Crippen LogP contribution in [0, 0.1) is 5.92 Å². The maximum absolute atomic E-state index is 11.5. The minimum Gasteiger partial charge on any atom is -0.496 e. The van der Waals surface area contributed by atoms with Crippen LogP contribution in [0.3, 0.4) is 0 Å². The van der Waals surface area contributed by atoms with E-state index in [-0.39, 0.29) is 5.91 Å². The Morgan fingerprint density at radius 1 is 1.64 bits per heavy atom. The van der Waals surface area contributed by atoms with Crippen molar-refractivity contribution in [3.05, 3.63) is 21.0 Å². The molecule has 3 nitrogen and oxygen atoms in total. The number of piperidine rings is 1. The van der Waals surface area contributed by atoms with E-state index in [1.54, 1.807) is 7.11 Å². The number of carbonyl (C=O) groups is 1. The number of fused-ring (bicyclic) bond motifs is 1. The Bertz CT molecular complexity index is 333. The molecule has 2 rings (SSSR count). The Morgan fingerprint density at radius 3 is 3.14 bits per heavy atom. The molecule has 14 heavy (non-hydrogen) atoms. The third kappa shape index (κ3) is 1.67. The highest BCUT2D eigenvalue weighted by Gasteiger charge is 2.30. The summed E-state index contributed by atoms with van der Waals surface area (Å²) >= 11 is 2.29. The van der Waals surface area contributed by atoms with Crippen LogP contribution in [0.4, 0.5) is 0 Å². The molecular weight excluding hydrogens is 293 g/mol. The van der Waals surface area contributed by atoms with E-state index in [1.807, 2.05) is 6.08 Å². The van der Waals surface area contributed by atoms with Gasteiger partial charge in [0.2, 0.25) is 5.91 Å². The molecule has 0 spiro atoms. The number of nitrogens with one attached hydrogen (secondary N) is 1. The largest absolute Gasteiger partial charge is 0.496 e. The number of halogens is 1. The minimum atomic E-state index is 0.0692. The van der Waals surface area contributed by atoms with Crippen LogP contribution in [0.25, 0.3) is 0 Å². The summed E-state index contributed by atoms with van der Waals surface area (Å²) in [6, 6.07) is 0. The molecule has 0 radical (unpaired) electrons. The van der Waals surface area contributed by atoms with Crippen LogP contribution in [-0.2, 0) is 9.53 Å². The van der Waals surface area contributed by atoms with Crippen LogP contribution < -0.4 is 5.32 Å². The molecule has 1 saturated heterocycles. The van der Waals surface area contributed by atoms with Crippen molar-refractivity contribution in [3.63, 3.8) is 0 Å². The lowest BCUT2D eigenvalue weighted by Gasteiger charge is -2.28. The average Bonchev–Trinajstić information content (AvgIpc) is 2.17. The van der Waals surface area contributed by atoms with Crippen LogP contribution in [0.2, 0.25) is 0 Å². The number of amides is 1. The van der Waals surface area contributed by atoms with Crippen LogP contribution in [0.1, 0.15) is 12.8 Å². The first kappa shape index (κ1) is 10.0. The van der Waals surface area contributed by atoms with Gasteiger partial charge in [0.15, 0.2) is 0 Å². The molecule has 2 aliphatic rings. The number of hydrogen-bond acceptors (Lipinski definition) is 2. The molecule has 76 valence electrons. The fourth-order valence-corrected chi connectivity index (χ4v) is 2.81. The van der Waals surface area contributed by atoms with Crippen LogP contribution in [0.5, 0.6) is 0 Å². The monoisotopic (exact) mass is 305 g/mol. The summed E-state index contributed by atoms with van der Waals surface area (Å²) in [5.41, 5.74) is 0.883. The Morgan fingerprint density at radius 2 is 2.43 bits per heavy atom. The zero-order chi connectivity index (χ0) is 10.1. The van der Waals surface area contributed by atoms with E-state index >= 15 is 0 Å². The maximum atomic E-state index is 11.5. The number of ether oxygens (including phenoxy) is 1. The predicted octanol–water partition coefficient (Wildman–Crippen LogP) is 1.75. The molecule has 1 fully saturated rings. The van der Waals surface area contributed by atoms with Crippen molar-refractivity contribution in [2.24, 2.45) is 5.92 Å². The van der Waals surface area contributed by atoms with Gasteiger partial charge in [-0.25, -0.2) is 0 Å². The van der Waals surface area contributed by atoms with Gasteiger partial charge in [-0.05, 0) is 47.4 Å². The van der Waals surface area contributed by atoms with Crippen molar-refractivity contribution in [3.8, 4) is 0 Å². The second kappa shape index (κ2) is 3.92. The highest BCUT2D eigenvalue weighted by Crippen LogP contribution is 2.36. The SMILES string of the molecule is COC1=C(I)CC2CCNC(=O)C2=C1. The summed E-state index contributed by atoms with van der Waals surface area (Å²) in [7, 11) is 1.64. The first-order chi connectivity index (χ1) is 6.72. The van der Waals surface area contributed by atoms with E-state index in [0.29, 0.717) is 5.92 Å². The number of hydrogen-bond donors (Lipinski definition) is 1. The van der Waals surface area contributed by atoms with Gasteiger partial charge in [0, 0.05) is 15.7 Å². The lowest BCUT2D eigenvalue weighted by atomic mass is 9.85. The Balaban J connectivity index is 2.32. The normalized spacial score (nSPS) is 26.6. The standard InChI is InChI=1S/C10H12INO2/c1-14-9-5-7-6(4-8(9)11)2-3-12-10(7)13/h5-6H,2-4H2,1H3,(H,12,13). The third-order valence-electron chi connectivity index (χ3n) is 2.68. The highest BCUT2D eigenvalue weighted by molar-refractivity contribution is 14.1. The van der Waals surface area contributed by atoms with Crippen LogP contribution >= 0.6 is 22.6 Å². The van der Waals surface area contributed by atoms with Gasteiger partial charge in [-0.1, -0.05) is 0 Å². The molecule has 1 N–H and O–H groups in total. The molecule has 0 aromatic heterocycles. The van der Waals surface area contributed by atoms with Crippen molar-refractivity contribution < 1.29 is 9.53 Å². The van der Waals surface area contributed by atoms with Gasteiger partial charge in [-0.2, -0.15) is 0 Å². The van der Waals surface area contributed by atoms with E-state index in [0.717, 1.165) is 30.7 Å². The van der Waals surface area contributed by atoms with Crippen molar-refractivity contribution >= 4 is 28.5 Å². The Kier molecular flexibility index (Phi) is 2.80. The number of rotatable bonds is 1. The Hall–Kier alpha value is -0.520. The minimum absolute atomic E-state index is 0.0692. The highest BCUT2D eigenvalue weighted by atomic mass is 127. The van der Waals surface area contributed by atoms with Gasteiger partial charge in [0.05, 0.1) is 7.11 Å². The summed E-state index contributed by atoms with van der Waals surface area (Å²) in [6.07, 6.45) is 3.87. The van der Waals surface area contributed by atoms with E-state index in [9.17, 15) is 4.79 Å². The van der Waals surface area contributed by atoms with Crippen molar-refractivity contribution in [2.45, 2.75) is 12.8 Å². The molecule has 1 aliphatic carbocycles. The molecule has 0 aromatic carbocycles. The van der Waals surface area contributed by atoms with Gasteiger partial charge in [0.25, 0.3) is 0 Å². The first-order valence-corrected chi connectivity index (χ1v) is 5.72. The van der Waals surface area contributed by atoms with E-state index in [2.05, 4.69) is 27.9 Å². The van der Waals surface area contributed by atoms with Gasteiger partial charge < -0.3 is 10.1 Å². The van der Waals surface area contributed by atoms with Crippen LogP contribution in [-0.4, -0.2) is 19.6 Å². The maximum Gasteiger partial charge on any atom is 0.247 e. The number of methoxy groups -OCH3 is 1. The van der Waals surface area contributed by atoms with E-state index in [1.165, 1.54) is 3.58 Å².